The molecule has 0 spiro atoms. The van der Waals surface area contributed by atoms with Gasteiger partial charge in [0.2, 0.25) is 0 Å². The standard InChI is InChI=1S/C28H29BrFN3O3/c1-4-36-28(34)27-20(10-7-13-29)21-11-12-22(30)25-24-17(2)31-32(3)23(24)16-35-15-19-9-6-5-8-18(19)14-33(27)26(21)25/h5-6,8-9,11-12H,4,7,10,13-16H2,1-3H3. The van der Waals surface area contributed by atoms with Gasteiger partial charge in [0, 0.05) is 35.4 Å². The number of rotatable bonds is 5. The Hall–Kier alpha value is -2.97. The van der Waals surface area contributed by atoms with Crippen LogP contribution >= 0.6 is 15.9 Å². The number of benzene rings is 2. The Morgan fingerprint density at radius 1 is 1.17 bits per heavy atom. The summed E-state index contributed by atoms with van der Waals surface area (Å²) in [4.78, 5) is 13.5. The van der Waals surface area contributed by atoms with E-state index in [-0.39, 0.29) is 12.4 Å². The molecule has 0 N–H and O–H groups in total. The second-order valence-electron chi connectivity index (χ2n) is 9.04. The van der Waals surface area contributed by atoms with Crippen LogP contribution in [-0.4, -0.2) is 32.3 Å². The number of carbonyl (C=O) groups is 1. The van der Waals surface area contributed by atoms with E-state index in [4.69, 9.17) is 9.47 Å². The number of hydrogen-bond donors (Lipinski definition) is 0. The number of carbonyl (C=O) groups excluding carboxylic acids is 1. The summed E-state index contributed by atoms with van der Waals surface area (Å²) < 4.78 is 31.3. The molecule has 6 nitrogen and oxygen atoms in total. The molecule has 36 heavy (non-hydrogen) atoms. The largest absolute Gasteiger partial charge is 0.461 e. The molecule has 2 aromatic heterocycles. The molecule has 0 bridgehead atoms. The van der Waals surface area contributed by atoms with Crippen molar-refractivity contribution in [2.24, 2.45) is 7.05 Å². The maximum Gasteiger partial charge on any atom is 0.355 e. The summed E-state index contributed by atoms with van der Waals surface area (Å²) in [5.74, 6) is -0.745. The van der Waals surface area contributed by atoms with E-state index in [1.165, 1.54) is 6.07 Å². The molecule has 0 aliphatic carbocycles. The summed E-state index contributed by atoms with van der Waals surface area (Å²) in [6.07, 6.45) is 1.50. The Morgan fingerprint density at radius 2 is 1.94 bits per heavy atom. The number of aromatic nitrogens is 3. The van der Waals surface area contributed by atoms with Gasteiger partial charge in [-0.2, -0.15) is 5.10 Å². The third-order valence-corrected chi connectivity index (χ3v) is 7.40. The fraction of sp³-hybridized carbons (Fsp3) is 0.357. The van der Waals surface area contributed by atoms with Gasteiger partial charge < -0.3 is 14.0 Å². The quantitative estimate of drug-likeness (QED) is 0.222. The van der Waals surface area contributed by atoms with Crippen molar-refractivity contribution in [3.8, 4) is 11.1 Å². The average molecular weight is 554 g/mol. The highest BCUT2D eigenvalue weighted by atomic mass is 79.9. The average Bonchev–Trinajstić information content (AvgIpc) is 3.30. The van der Waals surface area contributed by atoms with Crippen molar-refractivity contribution in [1.82, 2.24) is 14.3 Å². The Kier molecular flexibility index (Phi) is 6.99. The molecular formula is C28H29BrFN3O3. The summed E-state index contributed by atoms with van der Waals surface area (Å²) in [6, 6.07) is 11.3. The highest BCUT2D eigenvalue weighted by molar-refractivity contribution is 9.09. The Bertz CT molecular complexity index is 1460. The van der Waals surface area contributed by atoms with Crippen molar-refractivity contribution in [2.75, 3.05) is 11.9 Å². The molecular weight excluding hydrogens is 525 g/mol. The van der Waals surface area contributed by atoms with Gasteiger partial charge in [0.25, 0.3) is 0 Å². The number of esters is 1. The van der Waals surface area contributed by atoms with Crippen LogP contribution in [0.5, 0.6) is 0 Å². The van der Waals surface area contributed by atoms with Crippen molar-refractivity contribution in [3.05, 3.63) is 76.0 Å². The Morgan fingerprint density at radius 3 is 2.69 bits per heavy atom. The molecule has 0 radical (unpaired) electrons. The minimum Gasteiger partial charge on any atom is -0.461 e. The highest BCUT2D eigenvalue weighted by Crippen LogP contribution is 2.41. The minimum absolute atomic E-state index is 0.260. The van der Waals surface area contributed by atoms with Crippen LogP contribution in [0.2, 0.25) is 0 Å². The molecule has 1 aliphatic heterocycles. The normalized spacial score (nSPS) is 13.2. The molecule has 4 aromatic rings. The van der Waals surface area contributed by atoms with Crippen LogP contribution in [0.15, 0.2) is 36.4 Å². The number of hydrogen-bond acceptors (Lipinski definition) is 4. The lowest BCUT2D eigenvalue weighted by Crippen LogP contribution is -2.16. The van der Waals surface area contributed by atoms with E-state index in [0.29, 0.717) is 54.2 Å². The van der Waals surface area contributed by atoms with Crippen LogP contribution < -0.4 is 0 Å². The number of halogens is 2. The van der Waals surface area contributed by atoms with Crippen molar-refractivity contribution >= 4 is 32.8 Å². The molecule has 0 saturated carbocycles. The van der Waals surface area contributed by atoms with Crippen LogP contribution in [-0.2, 0) is 42.7 Å². The van der Waals surface area contributed by atoms with Gasteiger partial charge in [-0.05, 0) is 55.5 Å². The predicted molar refractivity (Wildman–Crippen MR) is 141 cm³/mol. The lowest BCUT2D eigenvalue weighted by Gasteiger charge is -2.15. The Labute approximate surface area is 218 Å². The summed E-state index contributed by atoms with van der Waals surface area (Å²) in [5, 5.41) is 6.27. The van der Waals surface area contributed by atoms with Crippen LogP contribution in [0, 0.1) is 12.7 Å². The molecule has 3 heterocycles. The second kappa shape index (κ2) is 10.2. The van der Waals surface area contributed by atoms with Gasteiger partial charge in [-0.1, -0.05) is 40.2 Å². The molecule has 0 amide bonds. The summed E-state index contributed by atoms with van der Waals surface area (Å²) in [7, 11) is 1.85. The van der Waals surface area contributed by atoms with Gasteiger partial charge in [0.1, 0.15) is 11.5 Å². The first-order chi connectivity index (χ1) is 17.5. The highest BCUT2D eigenvalue weighted by Gasteiger charge is 2.30. The van der Waals surface area contributed by atoms with Gasteiger partial charge >= 0.3 is 5.97 Å². The topological polar surface area (TPSA) is 58.3 Å². The smallest absolute Gasteiger partial charge is 0.355 e. The molecule has 0 atom stereocenters. The van der Waals surface area contributed by atoms with E-state index in [9.17, 15) is 4.79 Å². The summed E-state index contributed by atoms with van der Waals surface area (Å²) in [5.41, 5.74) is 6.78. The third-order valence-electron chi connectivity index (χ3n) is 6.84. The van der Waals surface area contributed by atoms with Gasteiger partial charge in [0.15, 0.2) is 0 Å². The van der Waals surface area contributed by atoms with Crippen molar-refractivity contribution in [3.63, 3.8) is 0 Å². The van der Waals surface area contributed by atoms with Crippen LogP contribution in [0.4, 0.5) is 4.39 Å². The first-order valence-corrected chi connectivity index (χ1v) is 13.3. The van der Waals surface area contributed by atoms with Crippen molar-refractivity contribution in [1.29, 1.82) is 0 Å². The van der Waals surface area contributed by atoms with E-state index < -0.39 is 5.97 Å². The van der Waals surface area contributed by atoms with Gasteiger partial charge in [-0.3, -0.25) is 4.68 Å². The van der Waals surface area contributed by atoms with Crippen molar-refractivity contribution in [2.45, 2.75) is 46.4 Å². The lowest BCUT2D eigenvalue weighted by atomic mass is 9.97. The zero-order valence-corrected chi connectivity index (χ0v) is 22.3. The first kappa shape index (κ1) is 24.7. The van der Waals surface area contributed by atoms with Crippen LogP contribution in [0.25, 0.3) is 22.0 Å². The summed E-state index contributed by atoms with van der Waals surface area (Å²) in [6.45, 7) is 5.03. The fourth-order valence-electron chi connectivity index (χ4n) is 5.30. The lowest BCUT2D eigenvalue weighted by molar-refractivity contribution is 0.0513. The van der Waals surface area contributed by atoms with Gasteiger partial charge in [-0.15, -0.1) is 0 Å². The molecule has 8 heteroatoms. The maximum absolute atomic E-state index is 15.9. The van der Waals surface area contributed by atoms with Crippen LogP contribution in [0.1, 0.15) is 51.9 Å². The number of fused-ring (bicyclic) bond motifs is 3. The predicted octanol–water partition coefficient (Wildman–Crippen LogP) is 6.07. The summed E-state index contributed by atoms with van der Waals surface area (Å²) >= 11 is 3.53. The monoisotopic (exact) mass is 553 g/mol. The fourth-order valence-corrected chi connectivity index (χ4v) is 5.58. The van der Waals surface area contributed by atoms with E-state index in [0.717, 1.165) is 39.5 Å². The van der Waals surface area contributed by atoms with Gasteiger partial charge in [0.05, 0.1) is 36.7 Å². The number of nitrogens with zero attached hydrogens (tertiary/aromatic N) is 3. The van der Waals surface area contributed by atoms with E-state index in [2.05, 4.69) is 21.0 Å². The zero-order chi connectivity index (χ0) is 25.4. The number of aryl methyl sites for hydroxylation is 3. The van der Waals surface area contributed by atoms with Crippen molar-refractivity contribution < 1.29 is 18.7 Å². The van der Waals surface area contributed by atoms with E-state index in [1.54, 1.807) is 17.7 Å². The molecule has 1 aliphatic rings. The minimum atomic E-state index is -0.392. The SMILES string of the molecule is CCOC(=O)c1c(CCCBr)c2ccc(F)c3c2n1Cc1ccccc1COCc1c-3c(C)nn1C. The Balaban J connectivity index is 1.94. The molecule has 0 fully saturated rings. The zero-order valence-electron chi connectivity index (χ0n) is 20.7. The first-order valence-electron chi connectivity index (χ1n) is 12.2. The molecule has 0 unspecified atom stereocenters. The second-order valence-corrected chi connectivity index (χ2v) is 9.83. The molecule has 2 aromatic carbocycles. The van der Waals surface area contributed by atoms with E-state index >= 15 is 4.39 Å². The molecule has 5 rings (SSSR count). The van der Waals surface area contributed by atoms with Crippen LogP contribution in [0.3, 0.4) is 0 Å². The number of alkyl halides is 1. The number of ether oxygens (including phenoxy) is 2. The van der Waals surface area contributed by atoms with E-state index in [1.807, 2.05) is 42.8 Å². The maximum atomic E-state index is 15.9. The third kappa shape index (κ3) is 4.16. The molecule has 0 saturated heterocycles. The van der Waals surface area contributed by atoms with Gasteiger partial charge in [-0.25, -0.2) is 9.18 Å². The molecule has 188 valence electrons.